The van der Waals surface area contributed by atoms with Crippen LogP contribution >= 0.6 is 0 Å². The summed E-state index contributed by atoms with van der Waals surface area (Å²) in [5, 5.41) is 14.5. The molecule has 0 N–H and O–H groups in total. The number of pyridine rings is 1. The summed E-state index contributed by atoms with van der Waals surface area (Å²) >= 11 is 0. The minimum Gasteiger partial charge on any atom is -0.435 e. The van der Waals surface area contributed by atoms with Crippen molar-refractivity contribution in [2.24, 2.45) is 0 Å². The first kappa shape index (κ1) is 17.2. The van der Waals surface area contributed by atoms with Gasteiger partial charge < -0.3 is 9.64 Å². The summed E-state index contributed by atoms with van der Waals surface area (Å²) in [5.41, 5.74) is 1.79. The number of hydrogen-bond donors (Lipinski definition) is 0. The molecule has 8 heteroatoms. The second-order valence-corrected chi connectivity index (χ2v) is 6.39. The van der Waals surface area contributed by atoms with Gasteiger partial charge in [-0.05, 0) is 37.1 Å². The smallest absolute Gasteiger partial charge is 0.387 e. The van der Waals surface area contributed by atoms with Crippen LogP contribution in [0.5, 0.6) is 5.75 Å². The zero-order valence-electron chi connectivity index (χ0n) is 14.4. The molecule has 0 spiro atoms. The number of halogens is 2. The van der Waals surface area contributed by atoms with E-state index in [2.05, 4.69) is 25.8 Å². The molecule has 6 nitrogen and oxygen atoms in total. The van der Waals surface area contributed by atoms with E-state index in [4.69, 9.17) is 0 Å². The summed E-state index contributed by atoms with van der Waals surface area (Å²) in [6.07, 6.45) is 7.01. The fraction of sp³-hybridized carbons (Fsp3) is 0.316. The standard InChI is InChI=1S/C19H17F2N5O/c20-19(21)27-15-2-3-17-16(10-15)18(13(11-22)12-23-17)25-8-4-14(5-9-25)26-7-1-6-24-26/h1-3,6-7,10,12,14,19H,4-5,8-9H2. The third-order valence-corrected chi connectivity index (χ3v) is 4.84. The number of ether oxygens (including phenoxy) is 1. The molecule has 27 heavy (non-hydrogen) atoms. The first-order valence-electron chi connectivity index (χ1n) is 8.67. The molecule has 0 unspecified atom stereocenters. The number of fused-ring (bicyclic) bond motifs is 1. The van der Waals surface area contributed by atoms with Crippen molar-refractivity contribution in [3.8, 4) is 11.8 Å². The van der Waals surface area contributed by atoms with Crippen LogP contribution in [0.3, 0.4) is 0 Å². The highest BCUT2D eigenvalue weighted by atomic mass is 19.3. The van der Waals surface area contributed by atoms with Gasteiger partial charge in [0.2, 0.25) is 0 Å². The zero-order chi connectivity index (χ0) is 18.8. The summed E-state index contributed by atoms with van der Waals surface area (Å²) < 4.78 is 31.7. The van der Waals surface area contributed by atoms with Crippen LogP contribution in [-0.2, 0) is 0 Å². The average Bonchev–Trinajstić information content (AvgIpc) is 3.21. The number of rotatable bonds is 4. The molecule has 1 aromatic carbocycles. The minimum absolute atomic E-state index is 0.0575. The Morgan fingerprint density at radius 3 is 2.74 bits per heavy atom. The first-order chi connectivity index (χ1) is 13.2. The van der Waals surface area contributed by atoms with Crippen LogP contribution in [0.4, 0.5) is 14.5 Å². The number of nitriles is 1. The van der Waals surface area contributed by atoms with E-state index in [0.717, 1.165) is 31.6 Å². The van der Waals surface area contributed by atoms with E-state index in [9.17, 15) is 14.0 Å². The minimum atomic E-state index is -2.90. The molecular formula is C19H17F2N5O. The SMILES string of the molecule is N#Cc1cnc2ccc(OC(F)F)cc2c1N1CCC(n2cccn2)CC1. The fourth-order valence-corrected chi connectivity index (χ4v) is 3.61. The molecule has 1 saturated heterocycles. The lowest BCUT2D eigenvalue weighted by atomic mass is 10.0. The van der Waals surface area contributed by atoms with Crippen LogP contribution in [0.25, 0.3) is 10.9 Å². The van der Waals surface area contributed by atoms with E-state index >= 15 is 0 Å². The predicted octanol–water partition coefficient (Wildman–Crippen LogP) is 3.75. The van der Waals surface area contributed by atoms with E-state index in [1.54, 1.807) is 12.3 Å². The van der Waals surface area contributed by atoms with Gasteiger partial charge in [0, 0.05) is 37.1 Å². The highest BCUT2D eigenvalue weighted by Crippen LogP contribution is 2.35. The lowest BCUT2D eigenvalue weighted by molar-refractivity contribution is -0.0497. The molecule has 0 aliphatic carbocycles. The number of piperidine rings is 1. The van der Waals surface area contributed by atoms with Crippen LogP contribution in [0.15, 0.2) is 42.9 Å². The third kappa shape index (κ3) is 3.40. The number of benzene rings is 1. The van der Waals surface area contributed by atoms with Gasteiger partial charge in [-0.15, -0.1) is 0 Å². The summed E-state index contributed by atoms with van der Waals surface area (Å²) in [7, 11) is 0. The van der Waals surface area contributed by atoms with Gasteiger partial charge >= 0.3 is 6.61 Å². The molecule has 1 fully saturated rings. The lowest BCUT2D eigenvalue weighted by Gasteiger charge is -2.34. The molecule has 4 rings (SSSR count). The van der Waals surface area contributed by atoms with Gasteiger partial charge in [0.25, 0.3) is 0 Å². The molecule has 0 radical (unpaired) electrons. The van der Waals surface area contributed by atoms with E-state index in [0.29, 0.717) is 22.5 Å². The van der Waals surface area contributed by atoms with Crippen molar-refractivity contribution in [3.63, 3.8) is 0 Å². The lowest BCUT2D eigenvalue weighted by Crippen LogP contribution is -2.35. The Labute approximate surface area is 154 Å². The molecule has 1 aliphatic heterocycles. The van der Waals surface area contributed by atoms with Gasteiger partial charge in [-0.2, -0.15) is 19.1 Å². The van der Waals surface area contributed by atoms with E-state index < -0.39 is 6.61 Å². The quantitative estimate of drug-likeness (QED) is 0.701. The predicted molar refractivity (Wildman–Crippen MR) is 95.8 cm³/mol. The van der Waals surface area contributed by atoms with E-state index in [1.807, 2.05) is 16.9 Å². The Balaban J connectivity index is 1.68. The number of alkyl halides is 2. The molecule has 3 aromatic rings. The Morgan fingerprint density at radius 1 is 1.26 bits per heavy atom. The molecule has 0 amide bonds. The molecular weight excluding hydrogens is 352 g/mol. The molecule has 1 aliphatic rings. The van der Waals surface area contributed by atoms with Crippen molar-refractivity contribution in [3.05, 3.63) is 48.4 Å². The maximum atomic E-state index is 12.6. The van der Waals surface area contributed by atoms with Gasteiger partial charge in [0.1, 0.15) is 11.8 Å². The Hall–Kier alpha value is -3.21. The first-order valence-corrected chi connectivity index (χ1v) is 8.67. The number of anilines is 1. The van der Waals surface area contributed by atoms with Gasteiger partial charge in [-0.1, -0.05) is 0 Å². The van der Waals surface area contributed by atoms with Crippen molar-refractivity contribution in [2.45, 2.75) is 25.5 Å². The van der Waals surface area contributed by atoms with Crippen LogP contribution in [-0.4, -0.2) is 34.5 Å². The highest BCUT2D eigenvalue weighted by molar-refractivity contribution is 5.95. The maximum Gasteiger partial charge on any atom is 0.387 e. The molecule has 0 bridgehead atoms. The van der Waals surface area contributed by atoms with Crippen molar-refractivity contribution < 1.29 is 13.5 Å². The number of hydrogen-bond acceptors (Lipinski definition) is 5. The second kappa shape index (κ2) is 7.19. The van der Waals surface area contributed by atoms with E-state index in [-0.39, 0.29) is 5.75 Å². The molecule has 3 heterocycles. The Bertz CT molecular complexity index is 976. The Kier molecular flexibility index (Phi) is 4.59. The van der Waals surface area contributed by atoms with Crippen molar-refractivity contribution >= 4 is 16.6 Å². The fourth-order valence-electron chi connectivity index (χ4n) is 3.61. The van der Waals surface area contributed by atoms with E-state index in [1.165, 1.54) is 18.3 Å². The molecule has 138 valence electrons. The second-order valence-electron chi connectivity index (χ2n) is 6.39. The number of nitrogens with zero attached hydrogens (tertiary/aromatic N) is 5. The van der Waals surface area contributed by atoms with Crippen molar-refractivity contribution in [2.75, 3.05) is 18.0 Å². The van der Waals surface area contributed by atoms with Gasteiger partial charge in [0.05, 0.1) is 22.8 Å². The molecule has 2 aromatic heterocycles. The average molecular weight is 369 g/mol. The third-order valence-electron chi connectivity index (χ3n) is 4.84. The highest BCUT2D eigenvalue weighted by Gasteiger charge is 2.24. The normalized spacial score (nSPS) is 15.3. The molecule has 0 atom stereocenters. The number of aromatic nitrogens is 3. The monoisotopic (exact) mass is 369 g/mol. The zero-order valence-corrected chi connectivity index (χ0v) is 14.4. The largest absolute Gasteiger partial charge is 0.435 e. The summed E-state index contributed by atoms with van der Waals surface area (Å²) in [4.78, 5) is 6.40. The molecule has 0 saturated carbocycles. The topological polar surface area (TPSA) is 67.0 Å². The van der Waals surface area contributed by atoms with Gasteiger partial charge in [-0.25, -0.2) is 0 Å². The summed E-state index contributed by atoms with van der Waals surface area (Å²) in [6.45, 7) is -1.43. The Morgan fingerprint density at radius 2 is 2.07 bits per heavy atom. The van der Waals surface area contributed by atoms with Crippen molar-refractivity contribution in [1.29, 1.82) is 5.26 Å². The van der Waals surface area contributed by atoms with Crippen molar-refractivity contribution in [1.82, 2.24) is 14.8 Å². The summed E-state index contributed by atoms with van der Waals surface area (Å²) in [6, 6.07) is 9.01. The van der Waals surface area contributed by atoms with Crippen LogP contribution in [0.2, 0.25) is 0 Å². The maximum absolute atomic E-state index is 12.6. The van der Waals surface area contributed by atoms with Crippen LogP contribution in [0.1, 0.15) is 24.4 Å². The van der Waals surface area contributed by atoms with Crippen LogP contribution < -0.4 is 9.64 Å². The summed E-state index contributed by atoms with van der Waals surface area (Å²) in [5.74, 6) is 0.0575. The van der Waals surface area contributed by atoms with Crippen LogP contribution in [0, 0.1) is 11.3 Å². The van der Waals surface area contributed by atoms with Gasteiger partial charge in [-0.3, -0.25) is 9.67 Å². The van der Waals surface area contributed by atoms with Gasteiger partial charge in [0.15, 0.2) is 0 Å².